The third-order valence-electron chi connectivity index (χ3n) is 4.31. The van der Waals surface area contributed by atoms with Crippen LogP contribution >= 0.6 is 11.6 Å². The summed E-state index contributed by atoms with van der Waals surface area (Å²) in [6, 6.07) is 19.0. The van der Waals surface area contributed by atoms with E-state index >= 15 is 0 Å². The van der Waals surface area contributed by atoms with Gasteiger partial charge in [0, 0.05) is 10.6 Å². The number of ether oxygens (including phenoxy) is 2. The fraction of sp³-hybridized carbons (Fsp3) is 0.0833. The number of benzene rings is 3. The van der Waals surface area contributed by atoms with Gasteiger partial charge in [0.05, 0.1) is 12.7 Å². The highest BCUT2D eigenvalue weighted by Gasteiger charge is 2.14. The van der Waals surface area contributed by atoms with Crippen molar-refractivity contribution < 1.29 is 19.1 Å². The van der Waals surface area contributed by atoms with Crippen LogP contribution in [0.15, 0.2) is 72.8 Å². The number of hydrogen-bond acceptors (Lipinski definition) is 4. The molecule has 0 spiro atoms. The van der Waals surface area contributed by atoms with E-state index in [1.807, 2.05) is 19.1 Å². The van der Waals surface area contributed by atoms with Gasteiger partial charge in [-0.25, -0.2) is 4.79 Å². The Morgan fingerprint density at radius 2 is 1.66 bits per heavy atom. The molecule has 29 heavy (non-hydrogen) atoms. The number of aryl methyl sites for hydroxylation is 1. The second kappa shape index (κ2) is 9.22. The predicted molar refractivity (Wildman–Crippen MR) is 114 cm³/mol. The van der Waals surface area contributed by atoms with Crippen molar-refractivity contribution in [1.29, 1.82) is 0 Å². The largest absolute Gasteiger partial charge is 0.493 e. The second-order valence-electron chi connectivity index (χ2n) is 6.32. The number of hydrogen-bond donors (Lipinski definition) is 0. The van der Waals surface area contributed by atoms with Crippen LogP contribution in [0.4, 0.5) is 0 Å². The smallest absolute Gasteiger partial charge is 0.343 e. The maximum absolute atomic E-state index is 12.4. The standard InChI is InChI=1S/C24H19ClO4/c1-16-5-3-4-6-20(16)24(27)29-22-14-8-17(15-23(22)28-2)7-13-21(26)18-9-11-19(25)12-10-18/h3-15H,1-2H3. The Morgan fingerprint density at radius 1 is 0.931 bits per heavy atom. The summed E-state index contributed by atoms with van der Waals surface area (Å²) in [4.78, 5) is 24.7. The summed E-state index contributed by atoms with van der Waals surface area (Å²) >= 11 is 5.84. The highest BCUT2D eigenvalue weighted by Crippen LogP contribution is 2.29. The van der Waals surface area contributed by atoms with E-state index in [1.165, 1.54) is 13.2 Å². The molecule has 4 nitrogen and oxygen atoms in total. The minimum atomic E-state index is -0.456. The number of rotatable bonds is 6. The molecular formula is C24H19ClO4. The van der Waals surface area contributed by atoms with Crippen LogP contribution in [0.5, 0.6) is 11.5 Å². The molecule has 0 aliphatic rings. The molecule has 0 aliphatic heterocycles. The van der Waals surface area contributed by atoms with Gasteiger partial charge in [-0.3, -0.25) is 4.79 Å². The first-order chi connectivity index (χ1) is 14.0. The fourth-order valence-corrected chi connectivity index (χ4v) is 2.84. The van der Waals surface area contributed by atoms with Gasteiger partial charge in [0.1, 0.15) is 0 Å². The molecule has 0 heterocycles. The molecule has 3 rings (SSSR count). The average Bonchev–Trinajstić information content (AvgIpc) is 2.73. The lowest BCUT2D eigenvalue weighted by Crippen LogP contribution is -2.10. The van der Waals surface area contributed by atoms with Gasteiger partial charge in [0.15, 0.2) is 17.3 Å². The summed E-state index contributed by atoms with van der Waals surface area (Å²) in [5, 5.41) is 0.575. The van der Waals surface area contributed by atoms with E-state index in [1.54, 1.807) is 60.7 Å². The number of esters is 1. The number of methoxy groups -OCH3 is 1. The van der Waals surface area contributed by atoms with Crippen LogP contribution in [0.3, 0.4) is 0 Å². The molecule has 0 N–H and O–H groups in total. The molecule has 0 unspecified atom stereocenters. The molecule has 0 radical (unpaired) electrons. The molecule has 3 aromatic carbocycles. The lowest BCUT2D eigenvalue weighted by atomic mass is 10.1. The average molecular weight is 407 g/mol. The van der Waals surface area contributed by atoms with Gasteiger partial charge >= 0.3 is 5.97 Å². The Labute approximate surface area is 174 Å². The molecule has 0 saturated carbocycles. The molecule has 0 saturated heterocycles. The zero-order chi connectivity index (χ0) is 20.8. The van der Waals surface area contributed by atoms with Gasteiger partial charge in [-0.1, -0.05) is 41.9 Å². The van der Waals surface area contributed by atoms with Crippen LogP contribution in [-0.4, -0.2) is 18.9 Å². The van der Waals surface area contributed by atoms with Crippen LogP contribution < -0.4 is 9.47 Å². The molecule has 0 fully saturated rings. The van der Waals surface area contributed by atoms with Crippen molar-refractivity contribution in [3.05, 3.63) is 100 Å². The van der Waals surface area contributed by atoms with E-state index in [9.17, 15) is 9.59 Å². The first-order valence-corrected chi connectivity index (χ1v) is 9.29. The van der Waals surface area contributed by atoms with Crippen molar-refractivity contribution >= 4 is 29.4 Å². The van der Waals surface area contributed by atoms with Gasteiger partial charge in [0.25, 0.3) is 0 Å². The number of carbonyl (C=O) groups is 2. The first-order valence-electron chi connectivity index (χ1n) is 8.92. The van der Waals surface area contributed by atoms with Crippen LogP contribution in [-0.2, 0) is 0 Å². The topological polar surface area (TPSA) is 52.6 Å². The third kappa shape index (κ3) is 5.12. The van der Waals surface area contributed by atoms with Gasteiger partial charge in [-0.15, -0.1) is 0 Å². The van der Waals surface area contributed by atoms with Crippen molar-refractivity contribution in [3.8, 4) is 11.5 Å². The molecule has 0 aliphatic carbocycles. The van der Waals surface area contributed by atoms with E-state index < -0.39 is 5.97 Å². The van der Waals surface area contributed by atoms with Crippen LogP contribution in [0.2, 0.25) is 5.02 Å². The van der Waals surface area contributed by atoms with Gasteiger partial charge in [-0.2, -0.15) is 0 Å². The minimum absolute atomic E-state index is 0.143. The first kappa shape index (κ1) is 20.4. The molecular weight excluding hydrogens is 388 g/mol. The lowest BCUT2D eigenvalue weighted by molar-refractivity contribution is 0.0728. The number of allylic oxidation sites excluding steroid dienone is 1. The van der Waals surface area contributed by atoms with Crippen LogP contribution in [0.1, 0.15) is 31.8 Å². The van der Waals surface area contributed by atoms with Crippen molar-refractivity contribution in [2.45, 2.75) is 6.92 Å². The lowest BCUT2D eigenvalue weighted by Gasteiger charge is -2.11. The van der Waals surface area contributed by atoms with Crippen molar-refractivity contribution in [3.63, 3.8) is 0 Å². The number of carbonyl (C=O) groups excluding carboxylic acids is 2. The van der Waals surface area contributed by atoms with Gasteiger partial charge in [-0.05, 0) is 66.6 Å². The van der Waals surface area contributed by atoms with E-state index in [-0.39, 0.29) is 5.78 Å². The maximum Gasteiger partial charge on any atom is 0.343 e. The Hall–Kier alpha value is -3.37. The zero-order valence-corrected chi connectivity index (χ0v) is 16.8. The molecule has 0 amide bonds. The monoisotopic (exact) mass is 406 g/mol. The normalized spacial score (nSPS) is 10.7. The summed E-state index contributed by atoms with van der Waals surface area (Å²) in [6.45, 7) is 1.85. The Bertz CT molecular complexity index is 1070. The van der Waals surface area contributed by atoms with E-state index in [0.717, 1.165) is 11.1 Å². The predicted octanol–water partition coefficient (Wildman–Crippen LogP) is 5.77. The Morgan fingerprint density at radius 3 is 2.34 bits per heavy atom. The number of ketones is 1. The van der Waals surface area contributed by atoms with Gasteiger partial charge in [0.2, 0.25) is 0 Å². The zero-order valence-electron chi connectivity index (χ0n) is 16.0. The summed E-state index contributed by atoms with van der Waals surface area (Å²) in [6.07, 6.45) is 3.14. The summed E-state index contributed by atoms with van der Waals surface area (Å²) < 4.78 is 10.8. The van der Waals surface area contributed by atoms with Crippen molar-refractivity contribution in [2.75, 3.05) is 7.11 Å². The SMILES string of the molecule is COc1cc(C=CC(=O)c2ccc(Cl)cc2)ccc1OC(=O)c1ccccc1C. The Kier molecular flexibility index (Phi) is 6.47. The highest BCUT2D eigenvalue weighted by molar-refractivity contribution is 6.30. The van der Waals surface area contributed by atoms with Crippen molar-refractivity contribution in [2.24, 2.45) is 0 Å². The van der Waals surface area contributed by atoms with E-state index in [2.05, 4.69) is 0 Å². The number of halogens is 1. The molecule has 0 atom stereocenters. The van der Waals surface area contributed by atoms with E-state index in [0.29, 0.717) is 27.6 Å². The summed E-state index contributed by atoms with van der Waals surface area (Å²) in [5.41, 5.74) is 2.60. The van der Waals surface area contributed by atoms with Gasteiger partial charge < -0.3 is 9.47 Å². The summed E-state index contributed by atoms with van der Waals surface area (Å²) in [5.74, 6) is 0.105. The Balaban J connectivity index is 1.76. The maximum atomic E-state index is 12.4. The molecule has 5 heteroatoms. The third-order valence-corrected chi connectivity index (χ3v) is 4.56. The van der Waals surface area contributed by atoms with Crippen molar-refractivity contribution in [1.82, 2.24) is 0 Å². The van der Waals surface area contributed by atoms with Crippen LogP contribution in [0.25, 0.3) is 6.08 Å². The second-order valence-corrected chi connectivity index (χ2v) is 6.76. The summed E-state index contributed by atoms with van der Waals surface area (Å²) in [7, 11) is 1.49. The highest BCUT2D eigenvalue weighted by atomic mass is 35.5. The van der Waals surface area contributed by atoms with E-state index in [4.69, 9.17) is 21.1 Å². The van der Waals surface area contributed by atoms with Crippen LogP contribution in [0, 0.1) is 6.92 Å². The molecule has 0 bridgehead atoms. The quantitative estimate of drug-likeness (QED) is 0.225. The molecule has 3 aromatic rings. The fourth-order valence-electron chi connectivity index (χ4n) is 2.71. The molecule has 0 aromatic heterocycles. The molecule has 146 valence electrons. The minimum Gasteiger partial charge on any atom is -0.493 e.